The minimum absolute atomic E-state index is 0.301. The van der Waals surface area contributed by atoms with Crippen LogP contribution < -0.4 is 10.2 Å². The highest BCUT2D eigenvalue weighted by molar-refractivity contribution is 5.93. The lowest BCUT2D eigenvalue weighted by Gasteiger charge is -2.35. The van der Waals surface area contributed by atoms with Crippen molar-refractivity contribution in [2.45, 2.75) is 52.1 Å². The minimum atomic E-state index is -0.301. The van der Waals surface area contributed by atoms with Crippen LogP contribution in [0, 0.1) is 26.6 Å². The van der Waals surface area contributed by atoms with Gasteiger partial charge in [-0.15, -0.1) is 0 Å². The lowest BCUT2D eigenvalue weighted by molar-refractivity contribution is 0.186. The Morgan fingerprint density at radius 1 is 1.06 bits per heavy atom. The first-order chi connectivity index (χ1) is 15.0. The molecule has 5 rings (SSSR count). The molecular weight excluding hydrogens is 397 g/mol. The first-order valence-electron chi connectivity index (χ1n) is 11.0. The van der Waals surface area contributed by atoms with Crippen molar-refractivity contribution in [3.8, 4) is 11.5 Å². The smallest absolute Gasteiger partial charge is 0.261 e. The fraction of sp³-hybridized carbons (Fsp3) is 0.522. The first kappa shape index (κ1) is 20.3. The van der Waals surface area contributed by atoms with Crippen LogP contribution >= 0.6 is 0 Å². The van der Waals surface area contributed by atoms with Gasteiger partial charge in [-0.2, -0.15) is 4.98 Å². The Labute approximate surface area is 181 Å². The van der Waals surface area contributed by atoms with Gasteiger partial charge in [0.1, 0.15) is 17.2 Å². The number of ether oxygens (including phenoxy) is 1. The van der Waals surface area contributed by atoms with Gasteiger partial charge in [0.15, 0.2) is 5.82 Å². The van der Waals surface area contributed by atoms with E-state index in [1.54, 1.807) is 6.92 Å². The fourth-order valence-corrected chi connectivity index (χ4v) is 4.74. The zero-order valence-electron chi connectivity index (χ0n) is 18.2. The summed E-state index contributed by atoms with van der Waals surface area (Å²) in [7, 11) is 0. The second kappa shape index (κ2) is 8.16. The summed E-state index contributed by atoms with van der Waals surface area (Å²) in [5, 5.41) is 8.48. The lowest BCUT2D eigenvalue weighted by Crippen LogP contribution is -2.46. The van der Waals surface area contributed by atoms with Gasteiger partial charge in [-0.25, -0.2) is 9.37 Å². The van der Waals surface area contributed by atoms with Gasteiger partial charge in [0.25, 0.3) is 5.89 Å². The highest BCUT2D eigenvalue weighted by Crippen LogP contribution is 2.38. The van der Waals surface area contributed by atoms with Crippen LogP contribution in [0.25, 0.3) is 22.4 Å². The normalized spacial score (nSPS) is 20.1. The Kier molecular flexibility index (Phi) is 5.35. The summed E-state index contributed by atoms with van der Waals surface area (Å²) in [6.07, 6.45) is 3.06. The third-order valence-electron chi connectivity index (χ3n) is 6.37. The van der Waals surface area contributed by atoms with Crippen LogP contribution in [0.5, 0.6) is 0 Å². The van der Waals surface area contributed by atoms with Crippen LogP contribution in [-0.4, -0.2) is 53.5 Å². The predicted molar refractivity (Wildman–Crippen MR) is 117 cm³/mol. The predicted octanol–water partition coefficient (Wildman–Crippen LogP) is 3.70. The number of halogens is 1. The standard InChI is InChI=1S/C23H28FN5O2/c1-13-10-18-14(2)20(23-25-15(3)28-31-23)22(27-21(18)19(24)11-13)29-7-4-16(5-8-29)26-17-6-9-30-12-17/h10-11,16-17,26H,4-9,12H2,1-3H3. The summed E-state index contributed by atoms with van der Waals surface area (Å²) in [5.74, 6) is 1.42. The average molecular weight is 426 g/mol. The van der Waals surface area contributed by atoms with E-state index >= 15 is 0 Å². The molecule has 4 heterocycles. The number of hydrogen-bond donors (Lipinski definition) is 1. The summed E-state index contributed by atoms with van der Waals surface area (Å²) >= 11 is 0. The summed E-state index contributed by atoms with van der Waals surface area (Å²) in [4.78, 5) is 11.5. The lowest BCUT2D eigenvalue weighted by atomic mass is 9.99. The van der Waals surface area contributed by atoms with Gasteiger partial charge < -0.3 is 19.5 Å². The number of piperidine rings is 1. The first-order valence-corrected chi connectivity index (χ1v) is 11.0. The molecule has 31 heavy (non-hydrogen) atoms. The van der Waals surface area contributed by atoms with E-state index in [1.165, 1.54) is 6.07 Å². The number of pyridine rings is 1. The molecule has 2 aliphatic rings. The van der Waals surface area contributed by atoms with E-state index in [0.717, 1.165) is 73.5 Å². The Hall–Kier alpha value is -2.58. The third kappa shape index (κ3) is 3.90. The van der Waals surface area contributed by atoms with E-state index in [-0.39, 0.29) is 5.82 Å². The van der Waals surface area contributed by atoms with Crippen molar-refractivity contribution in [2.24, 2.45) is 0 Å². The summed E-state index contributed by atoms with van der Waals surface area (Å²) < 4.78 is 25.9. The summed E-state index contributed by atoms with van der Waals surface area (Å²) in [6, 6.07) is 4.41. The van der Waals surface area contributed by atoms with Gasteiger partial charge >= 0.3 is 0 Å². The van der Waals surface area contributed by atoms with E-state index in [0.29, 0.717) is 29.3 Å². The molecule has 2 aromatic heterocycles. The molecule has 1 aromatic carbocycles. The number of anilines is 1. The van der Waals surface area contributed by atoms with Gasteiger partial charge in [-0.3, -0.25) is 0 Å². The molecule has 7 nitrogen and oxygen atoms in total. The molecule has 0 bridgehead atoms. The maximum Gasteiger partial charge on any atom is 0.261 e. The number of nitrogens with one attached hydrogen (secondary N) is 1. The van der Waals surface area contributed by atoms with Crippen LogP contribution in [0.2, 0.25) is 0 Å². The number of nitrogens with zero attached hydrogens (tertiary/aromatic N) is 4. The molecular formula is C23H28FN5O2. The molecule has 1 atom stereocenters. The van der Waals surface area contributed by atoms with Crippen LogP contribution in [-0.2, 0) is 4.74 Å². The van der Waals surface area contributed by atoms with E-state index < -0.39 is 0 Å². The van der Waals surface area contributed by atoms with Crippen molar-refractivity contribution in [2.75, 3.05) is 31.2 Å². The molecule has 0 radical (unpaired) electrons. The molecule has 164 valence electrons. The SMILES string of the molecule is Cc1cc(F)c2nc(N3CCC(NC4CCOC4)CC3)c(-c3nc(C)no3)c(C)c2c1. The molecule has 8 heteroatoms. The molecule has 0 saturated carbocycles. The van der Waals surface area contributed by atoms with E-state index in [1.807, 2.05) is 19.9 Å². The Balaban J connectivity index is 1.51. The highest BCUT2D eigenvalue weighted by atomic mass is 19.1. The third-order valence-corrected chi connectivity index (χ3v) is 6.37. The number of fused-ring (bicyclic) bond motifs is 1. The molecule has 0 aliphatic carbocycles. The maximum atomic E-state index is 14.8. The summed E-state index contributed by atoms with van der Waals surface area (Å²) in [6.45, 7) is 8.97. The minimum Gasteiger partial charge on any atom is -0.380 e. The zero-order chi connectivity index (χ0) is 21.5. The molecule has 1 unspecified atom stereocenters. The zero-order valence-corrected chi connectivity index (χ0v) is 18.2. The van der Waals surface area contributed by atoms with Crippen LogP contribution in [0.15, 0.2) is 16.7 Å². The molecule has 3 aromatic rings. The van der Waals surface area contributed by atoms with E-state index in [2.05, 4.69) is 20.4 Å². The number of benzene rings is 1. The number of hydrogen-bond acceptors (Lipinski definition) is 7. The molecule has 2 aliphatic heterocycles. The molecule has 2 fully saturated rings. The van der Waals surface area contributed by atoms with Crippen molar-refractivity contribution < 1.29 is 13.7 Å². The van der Waals surface area contributed by atoms with Crippen molar-refractivity contribution in [1.82, 2.24) is 20.4 Å². The topological polar surface area (TPSA) is 76.3 Å². The van der Waals surface area contributed by atoms with Gasteiger partial charge in [-0.1, -0.05) is 5.16 Å². The van der Waals surface area contributed by atoms with Crippen LogP contribution in [0.1, 0.15) is 36.2 Å². The van der Waals surface area contributed by atoms with Gasteiger partial charge in [0.2, 0.25) is 0 Å². The quantitative estimate of drug-likeness (QED) is 0.683. The Bertz CT molecular complexity index is 1100. The van der Waals surface area contributed by atoms with E-state index in [4.69, 9.17) is 14.2 Å². The average Bonchev–Trinajstić information content (AvgIpc) is 3.41. The molecule has 0 spiro atoms. The van der Waals surface area contributed by atoms with E-state index in [9.17, 15) is 4.39 Å². The molecule has 0 amide bonds. The van der Waals surface area contributed by atoms with Crippen LogP contribution in [0.4, 0.5) is 10.2 Å². The number of rotatable bonds is 4. The fourth-order valence-electron chi connectivity index (χ4n) is 4.74. The highest BCUT2D eigenvalue weighted by Gasteiger charge is 2.29. The van der Waals surface area contributed by atoms with Crippen molar-refractivity contribution >= 4 is 16.7 Å². The second-order valence-electron chi connectivity index (χ2n) is 8.71. The van der Waals surface area contributed by atoms with Crippen molar-refractivity contribution in [1.29, 1.82) is 0 Å². The Morgan fingerprint density at radius 3 is 2.55 bits per heavy atom. The molecule has 2 saturated heterocycles. The van der Waals surface area contributed by atoms with Crippen molar-refractivity contribution in [3.05, 3.63) is 34.9 Å². The van der Waals surface area contributed by atoms with Gasteiger partial charge in [0.05, 0.1) is 12.2 Å². The van der Waals surface area contributed by atoms with Gasteiger partial charge in [-0.05, 0) is 63.3 Å². The summed E-state index contributed by atoms with van der Waals surface area (Å²) in [5.41, 5.74) is 2.96. The largest absolute Gasteiger partial charge is 0.380 e. The second-order valence-corrected chi connectivity index (χ2v) is 8.71. The maximum absolute atomic E-state index is 14.8. The van der Waals surface area contributed by atoms with Crippen LogP contribution in [0.3, 0.4) is 0 Å². The van der Waals surface area contributed by atoms with Crippen molar-refractivity contribution in [3.63, 3.8) is 0 Å². The number of aromatic nitrogens is 3. The Morgan fingerprint density at radius 2 is 1.87 bits per heavy atom. The monoisotopic (exact) mass is 425 g/mol. The van der Waals surface area contributed by atoms with Gasteiger partial charge in [0, 0.05) is 37.2 Å². The molecule has 1 N–H and O–H groups in total. The number of aryl methyl sites for hydroxylation is 3.